The van der Waals surface area contributed by atoms with Gasteiger partial charge in [0, 0.05) is 31.2 Å². The third kappa shape index (κ3) is 3.31. The summed E-state index contributed by atoms with van der Waals surface area (Å²) in [5.74, 6) is 0. The van der Waals surface area contributed by atoms with E-state index in [0.717, 1.165) is 32.7 Å². The molecule has 0 aliphatic carbocycles. The molecule has 0 amide bonds. The van der Waals surface area contributed by atoms with Gasteiger partial charge in [0.15, 0.2) is 0 Å². The summed E-state index contributed by atoms with van der Waals surface area (Å²) in [5.41, 5.74) is 3.06. The molecule has 1 saturated heterocycles. The average Bonchev–Trinajstić information content (AvgIpc) is 2.47. The molecule has 0 saturated carbocycles. The zero-order chi connectivity index (χ0) is 14.9. The average molecular weight is 288 g/mol. The second-order valence-corrected chi connectivity index (χ2v) is 7.06. The summed E-state index contributed by atoms with van der Waals surface area (Å²) in [6.45, 7) is 10.9. The molecule has 3 rings (SSSR count). The Balaban J connectivity index is 1.76. The van der Waals surface area contributed by atoms with E-state index in [1.54, 1.807) is 0 Å². The van der Waals surface area contributed by atoms with Crippen molar-refractivity contribution in [3.8, 4) is 0 Å². The summed E-state index contributed by atoms with van der Waals surface area (Å²) in [7, 11) is 0. The molecule has 0 aromatic heterocycles. The fourth-order valence-electron chi connectivity index (χ4n) is 3.67. The quantitative estimate of drug-likeness (QED) is 0.925. The number of benzene rings is 1. The highest BCUT2D eigenvalue weighted by molar-refractivity contribution is 5.31. The molecule has 1 N–H and O–H groups in total. The molecule has 1 aromatic carbocycles. The molecule has 2 heterocycles. The van der Waals surface area contributed by atoms with Crippen LogP contribution in [0.25, 0.3) is 0 Å². The molecule has 3 nitrogen and oxygen atoms in total. The Kier molecular flexibility index (Phi) is 4.34. The van der Waals surface area contributed by atoms with Crippen LogP contribution in [-0.2, 0) is 11.2 Å². The Labute approximate surface area is 128 Å². The molecular formula is C18H28N2O. The van der Waals surface area contributed by atoms with Crippen LogP contribution in [0.15, 0.2) is 24.3 Å². The smallest absolute Gasteiger partial charge is 0.0954 e. The van der Waals surface area contributed by atoms with Crippen molar-refractivity contribution in [1.82, 2.24) is 10.2 Å². The van der Waals surface area contributed by atoms with E-state index < -0.39 is 0 Å². The van der Waals surface area contributed by atoms with Crippen molar-refractivity contribution in [3.05, 3.63) is 35.4 Å². The maximum absolute atomic E-state index is 6.11. The Morgan fingerprint density at radius 3 is 2.95 bits per heavy atom. The zero-order valence-corrected chi connectivity index (χ0v) is 13.6. The lowest BCUT2D eigenvalue weighted by molar-refractivity contribution is -0.0117. The molecule has 0 radical (unpaired) electrons. The number of nitrogens with zero attached hydrogens (tertiary/aromatic N) is 1. The minimum absolute atomic E-state index is 0.194. The monoisotopic (exact) mass is 288 g/mol. The van der Waals surface area contributed by atoms with Crippen molar-refractivity contribution in [1.29, 1.82) is 0 Å². The Morgan fingerprint density at radius 1 is 1.33 bits per heavy atom. The predicted molar refractivity (Wildman–Crippen MR) is 86.6 cm³/mol. The van der Waals surface area contributed by atoms with E-state index in [2.05, 4.69) is 55.3 Å². The van der Waals surface area contributed by atoms with Crippen molar-refractivity contribution in [2.45, 2.75) is 51.3 Å². The topological polar surface area (TPSA) is 24.5 Å². The van der Waals surface area contributed by atoms with Crippen LogP contribution < -0.4 is 5.32 Å². The highest BCUT2D eigenvalue weighted by Crippen LogP contribution is 2.29. The van der Waals surface area contributed by atoms with Crippen LogP contribution in [-0.4, -0.2) is 42.7 Å². The summed E-state index contributed by atoms with van der Waals surface area (Å²) in [4.78, 5) is 2.63. The number of nitrogens with one attached hydrogen (secondary N) is 1. The van der Waals surface area contributed by atoms with Gasteiger partial charge in [0.05, 0.1) is 12.7 Å². The molecule has 21 heavy (non-hydrogen) atoms. The van der Waals surface area contributed by atoms with E-state index >= 15 is 0 Å². The molecule has 1 fully saturated rings. The molecular weight excluding hydrogens is 260 g/mol. The van der Waals surface area contributed by atoms with Crippen molar-refractivity contribution < 1.29 is 4.74 Å². The molecule has 2 aliphatic heterocycles. The standard InChI is InChI=1S/C18H28N2O/c1-4-15-11-19-18(2,3)13-20(15)12-17-16-8-6-5-7-14(16)9-10-21-17/h5-8,15,17,19H,4,9-13H2,1-3H3. The first-order valence-electron chi connectivity index (χ1n) is 8.27. The second kappa shape index (κ2) is 6.07. The Morgan fingerprint density at radius 2 is 2.14 bits per heavy atom. The van der Waals surface area contributed by atoms with Crippen LogP contribution in [0.2, 0.25) is 0 Å². The van der Waals surface area contributed by atoms with E-state index in [-0.39, 0.29) is 11.6 Å². The molecule has 2 atom stereocenters. The SMILES string of the molecule is CCC1CNC(C)(C)CN1CC1OCCc2ccccc21. The summed E-state index contributed by atoms with van der Waals surface area (Å²) in [5, 5.41) is 3.66. The van der Waals surface area contributed by atoms with Crippen LogP contribution in [0.1, 0.15) is 44.4 Å². The van der Waals surface area contributed by atoms with E-state index in [9.17, 15) is 0 Å². The van der Waals surface area contributed by atoms with Gasteiger partial charge >= 0.3 is 0 Å². The lowest BCUT2D eigenvalue weighted by Crippen LogP contribution is -2.62. The highest BCUT2D eigenvalue weighted by Gasteiger charge is 2.34. The van der Waals surface area contributed by atoms with Gasteiger partial charge in [-0.3, -0.25) is 4.90 Å². The molecule has 0 bridgehead atoms. The van der Waals surface area contributed by atoms with E-state index in [0.29, 0.717) is 6.04 Å². The van der Waals surface area contributed by atoms with Crippen molar-refractivity contribution in [2.24, 2.45) is 0 Å². The Hall–Kier alpha value is -0.900. The van der Waals surface area contributed by atoms with Gasteiger partial charge in [0.1, 0.15) is 0 Å². The summed E-state index contributed by atoms with van der Waals surface area (Å²) >= 11 is 0. The molecule has 2 aliphatic rings. The first-order chi connectivity index (χ1) is 10.1. The van der Waals surface area contributed by atoms with E-state index in [1.807, 2.05) is 0 Å². The van der Waals surface area contributed by atoms with Crippen LogP contribution in [0.4, 0.5) is 0 Å². The fourth-order valence-corrected chi connectivity index (χ4v) is 3.67. The lowest BCUT2D eigenvalue weighted by Gasteiger charge is -2.46. The zero-order valence-electron chi connectivity index (χ0n) is 13.6. The lowest BCUT2D eigenvalue weighted by atomic mass is 9.94. The van der Waals surface area contributed by atoms with Gasteiger partial charge in [-0.15, -0.1) is 0 Å². The predicted octanol–water partition coefficient (Wildman–Crippen LogP) is 2.76. The molecule has 1 aromatic rings. The highest BCUT2D eigenvalue weighted by atomic mass is 16.5. The van der Waals surface area contributed by atoms with Gasteiger partial charge in [-0.2, -0.15) is 0 Å². The van der Waals surface area contributed by atoms with Crippen LogP contribution in [0.5, 0.6) is 0 Å². The minimum Gasteiger partial charge on any atom is -0.372 e. The van der Waals surface area contributed by atoms with Crippen molar-refractivity contribution >= 4 is 0 Å². The summed E-state index contributed by atoms with van der Waals surface area (Å²) in [6.07, 6.45) is 2.48. The number of ether oxygens (including phenoxy) is 1. The Bertz CT molecular complexity index is 486. The largest absolute Gasteiger partial charge is 0.372 e. The van der Waals surface area contributed by atoms with Gasteiger partial charge in [-0.25, -0.2) is 0 Å². The van der Waals surface area contributed by atoms with E-state index in [1.165, 1.54) is 17.5 Å². The minimum atomic E-state index is 0.194. The van der Waals surface area contributed by atoms with Crippen LogP contribution in [0.3, 0.4) is 0 Å². The fraction of sp³-hybridized carbons (Fsp3) is 0.667. The van der Waals surface area contributed by atoms with E-state index in [4.69, 9.17) is 4.74 Å². The number of hydrogen-bond donors (Lipinski definition) is 1. The van der Waals surface area contributed by atoms with Crippen molar-refractivity contribution in [2.75, 3.05) is 26.2 Å². The number of hydrogen-bond acceptors (Lipinski definition) is 3. The van der Waals surface area contributed by atoms with Crippen LogP contribution >= 0.6 is 0 Å². The van der Waals surface area contributed by atoms with Gasteiger partial charge in [0.2, 0.25) is 0 Å². The first-order valence-corrected chi connectivity index (χ1v) is 8.27. The number of fused-ring (bicyclic) bond motifs is 1. The third-order valence-electron chi connectivity index (χ3n) is 4.90. The van der Waals surface area contributed by atoms with Crippen LogP contribution in [0, 0.1) is 0 Å². The second-order valence-electron chi connectivity index (χ2n) is 7.06. The summed E-state index contributed by atoms with van der Waals surface area (Å²) < 4.78 is 6.11. The number of piperazine rings is 1. The van der Waals surface area contributed by atoms with Gasteiger partial charge in [-0.1, -0.05) is 31.2 Å². The number of rotatable bonds is 3. The van der Waals surface area contributed by atoms with Gasteiger partial charge in [0.25, 0.3) is 0 Å². The normalized spacial score (nSPS) is 29.1. The van der Waals surface area contributed by atoms with Gasteiger partial charge < -0.3 is 10.1 Å². The molecule has 116 valence electrons. The first kappa shape index (κ1) is 15.0. The molecule has 2 unspecified atom stereocenters. The van der Waals surface area contributed by atoms with Gasteiger partial charge in [-0.05, 0) is 37.8 Å². The third-order valence-corrected chi connectivity index (χ3v) is 4.90. The van der Waals surface area contributed by atoms with Crippen molar-refractivity contribution in [3.63, 3.8) is 0 Å². The maximum Gasteiger partial charge on any atom is 0.0954 e. The summed E-state index contributed by atoms with van der Waals surface area (Å²) in [6, 6.07) is 9.40. The maximum atomic E-state index is 6.11. The molecule has 0 spiro atoms. The molecule has 3 heteroatoms.